The first-order valence-corrected chi connectivity index (χ1v) is 14.5. The third-order valence-corrected chi connectivity index (χ3v) is 7.85. The Morgan fingerprint density at radius 2 is 1.46 bits per heavy atom. The van der Waals surface area contributed by atoms with Crippen molar-refractivity contribution in [3.8, 4) is 11.1 Å². The van der Waals surface area contributed by atoms with Gasteiger partial charge in [-0.05, 0) is 96.7 Å². The summed E-state index contributed by atoms with van der Waals surface area (Å²) in [6.07, 6.45) is 8.99. The van der Waals surface area contributed by atoms with E-state index in [9.17, 15) is 14.4 Å². The topological polar surface area (TPSA) is 63.2 Å². The van der Waals surface area contributed by atoms with Crippen LogP contribution >= 0.6 is 0 Å². The first-order chi connectivity index (χ1) is 20.1. The van der Waals surface area contributed by atoms with E-state index in [0.29, 0.717) is 16.8 Å². The van der Waals surface area contributed by atoms with Gasteiger partial charge in [-0.2, -0.15) is 0 Å². The second-order valence-electron chi connectivity index (χ2n) is 10.6. The highest BCUT2D eigenvalue weighted by molar-refractivity contribution is 6.09. The number of nitrogens with one attached hydrogen (secondary N) is 1. The van der Waals surface area contributed by atoms with Gasteiger partial charge in [-0.1, -0.05) is 85.3 Å². The molecule has 0 saturated carbocycles. The number of carbonyl (C=O) groups excluding carboxylic acids is 3. The Morgan fingerprint density at radius 3 is 2.27 bits per heavy atom. The molecule has 0 radical (unpaired) electrons. The van der Waals surface area contributed by atoms with Crippen LogP contribution in [0.5, 0.6) is 0 Å². The van der Waals surface area contributed by atoms with Crippen molar-refractivity contribution in [2.75, 3.05) is 5.32 Å². The molecule has 0 saturated heterocycles. The van der Waals surface area contributed by atoms with Crippen LogP contribution in [0.15, 0.2) is 115 Å². The lowest BCUT2D eigenvalue weighted by Gasteiger charge is -2.21. The van der Waals surface area contributed by atoms with Gasteiger partial charge in [-0.3, -0.25) is 14.4 Å². The highest BCUT2D eigenvalue weighted by Crippen LogP contribution is 2.32. The smallest absolute Gasteiger partial charge is 0.256 e. The van der Waals surface area contributed by atoms with Crippen molar-refractivity contribution in [2.45, 2.75) is 50.9 Å². The first kappa shape index (κ1) is 28.0. The van der Waals surface area contributed by atoms with Gasteiger partial charge >= 0.3 is 0 Å². The number of rotatable bonds is 6. The summed E-state index contributed by atoms with van der Waals surface area (Å²) in [6.45, 7) is 0. The van der Waals surface area contributed by atoms with E-state index < -0.39 is 0 Å². The number of fused-ring (bicyclic) bond motifs is 1. The number of benzene rings is 4. The average molecular weight is 542 g/mol. The molecule has 4 nitrogen and oxygen atoms in total. The number of amides is 1. The van der Waals surface area contributed by atoms with Crippen molar-refractivity contribution in [1.29, 1.82) is 0 Å². The molecule has 4 aromatic rings. The lowest BCUT2D eigenvalue weighted by molar-refractivity contribution is -0.105. The maximum Gasteiger partial charge on any atom is 0.256 e. The SMILES string of the molecule is O=C/C1=C/CCCCC(C(=O)c2ccc(NC(=O)c3ccccc3-c3ccccc3)cc2)c2ccccc2CCC1. The molecule has 1 atom stereocenters. The maximum atomic E-state index is 13.9. The number of hydrogen-bond acceptors (Lipinski definition) is 3. The molecule has 1 amide bonds. The molecule has 1 aliphatic carbocycles. The van der Waals surface area contributed by atoms with Crippen LogP contribution in [-0.2, 0) is 11.2 Å². The van der Waals surface area contributed by atoms with Gasteiger partial charge in [0.15, 0.2) is 5.78 Å². The number of anilines is 1. The van der Waals surface area contributed by atoms with Gasteiger partial charge in [0.2, 0.25) is 0 Å². The zero-order valence-electron chi connectivity index (χ0n) is 23.2. The summed E-state index contributed by atoms with van der Waals surface area (Å²) in [7, 11) is 0. The van der Waals surface area contributed by atoms with Crippen LogP contribution in [-0.4, -0.2) is 18.0 Å². The molecule has 0 spiro atoms. The Morgan fingerprint density at radius 1 is 0.732 bits per heavy atom. The van der Waals surface area contributed by atoms with E-state index in [1.165, 1.54) is 5.56 Å². The normalized spacial score (nSPS) is 17.1. The summed E-state index contributed by atoms with van der Waals surface area (Å²) in [5, 5.41) is 3.00. The van der Waals surface area contributed by atoms with Gasteiger partial charge in [0.25, 0.3) is 5.91 Å². The molecule has 5 rings (SSSR count). The molecule has 4 aromatic carbocycles. The third-order valence-electron chi connectivity index (χ3n) is 7.85. The van der Waals surface area contributed by atoms with Crippen LogP contribution in [0, 0.1) is 0 Å². The number of Topliss-reactive ketones (excluding diaryl/α,β-unsaturated/α-hetero) is 1. The van der Waals surface area contributed by atoms with Gasteiger partial charge in [0.05, 0.1) is 0 Å². The van der Waals surface area contributed by atoms with Crippen molar-refractivity contribution in [3.05, 3.63) is 137 Å². The molecule has 0 heterocycles. The van der Waals surface area contributed by atoms with Gasteiger partial charge in [0.1, 0.15) is 6.29 Å². The predicted octanol–water partition coefficient (Wildman–Crippen LogP) is 8.59. The Balaban J connectivity index is 1.34. The fourth-order valence-electron chi connectivity index (χ4n) is 5.67. The average Bonchev–Trinajstić information content (AvgIpc) is 3.02. The Kier molecular flexibility index (Phi) is 9.33. The molecule has 1 unspecified atom stereocenters. The van der Waals surface area contributed by atoms with E-state index in [2.05, 4.69) is 23.5 Å². The highest BCUT2D eigenvalue weighted by Gasteiger charge is 2.24. The third kappa shape index (κ3) is 6.96. The highest BCUT2D eigenvalue weighted by atomic mass is 16.1. The molecule has 0 fully saturated rings. The number of hydrogen-bond donors (Lipinski definition) is 1. The molecule has 41 heavy (non-hydrogen) atoms. The van der Waals surface area contributed by atoms with Crippen LogP contribution in [0.3, 0.4) is 0 Å². The monoisotopic (exact) mass is 541 g/mol. The van der Waals surface area contributed by atoms with E-state index >= 15 is 0 Å². The Hall–Kier alpha value is -4.57. The minimum atomic E-state index is -0.224. The number of allylic oxidation sites excluding steroid dienone is 2. The lowest BCUT2D eigenvalue weighted by Crippen LogP contribution is -2.16. The molecular formula is C37H35NO3. The Bertz CT molecular complexity index is 1540. The zero-order chi connectivity index (χ0) is 28.4. The molecule has 206 valence electrons. The van der Waals surface area contributed by atoms with Crippen LogP contribution in [0.25, 0.3) is 11.1 Å². The predicted molar refractivity (Wildman–Crippen MR) is 165 cm³/mol. The van der Waals surface area contributed by atoms with E-state index in [4.69, 9.17) is 0 Å². The van der Waals surface area contributed by atoms with Gasteiger partial charge in [0, 0.05) is 22.7 Å². The summed E-state index contributed by atoms with van der Waals surface area (Å²) in [4.78, 5) is 38.5. The van der Waals surface area contributed by atoms with E-state index in [0.717, 1.165) is 73.5 Å². The second kappa shape index (κ2) is 13.7. The van der Waals surface area contributed by atoms with Crippen molar-refractivity contribution in [2.24, 2.45) is 0 Å². The van der Waals surface area contributed by atoms with Crippen LogP contribution < -0.4 is 5.32 Å². The molecule has 4 heteroatoms. The molecular weight excluding hydrogens is 506 g/mol. The summed E-state index contributed by atoms with van der Waals surface area (Å²) in [5.74, 6) is -0.312. The number of carbonyl (C=O) groups is 3. The van der Waals surface area contributed by atoms with Gasteiger partial charge < -0.3 is 5.32 Å². The molecule has 0 aromatic heterocycles. The summed E-state index contributed by atoms with van der Waals surface area (Å²) < 4.78 is 0. The van der Waals surface area contributed by atoms with E-state index in [1.54, 1.807) is 0 Å². The summed E-state index contributed by atoms with van der Waals surface area (Å²) in [5.41, 5.74) is 6.88. The zero-order valence-corrected chi connectivity index (χ0v) is 23.2. The van der Waals surface area contributed by atoms with Gasteiger partial charge in [-0.15, -0.1) is 0 Å². The summed E-state index contributed by atoms with van der Waals surface area (Å²) in [6, 6.07) is 32.9. The number of aryl methyl sites for hydroxylation is 1. The molecule has 0 aliphatic heterocycles. The van der Waals surface area contributed by atoms with Gasteiger partial charge in [-0.25, -0.2) is 0 Å². The standard InChI is InChI=1S/C37H35NO3/c39-26-27-12-3-1-6-20-34(32-18-8-7-16-29(32)17-11-13-27)36(40)30-22-24-31(25-23-30)38-37(41)35-21-10-9-19-33(35)28-14-4-2-5-15-28/h2,4-5,7-10,12,14-16,18-19,21-26,34H,1,3,6,11,13,17,20H2,(H,38,41)/b27-12+. The number of aldehydes is 1. The minimum absolute atomic E-state index is 0.103. The molecule has 1 aliphatic rings. The van der Waals surface area contributed by atoms with E-state index in [1.807, 2.05) is 91.0 Å². The fourth-order valence-corrected chi connectivity index (χ4v) is 5.67. The second-order valence-corrected chi connectivity index (χ2v) is 10.6. The van der Waals surface area contributed by atoms with Crippen LogP contribution in [0.1, 0.15) is 76.3 Å². The largest absolute Gasteiger partial charge is 0.322 e. The first-order valence-electron chi connectivity index (χ1n) is 14.5. The fraction of sp³-hybridized carbons (Fsp3) is 0.216. The number of ketones is 1. The van der Waals surface area contributed by atoms with Crippen molar-refractivity contribution < 1.29 is 14.4 Å². The molecule has 1 N–H and O–H groups in total. The van der Waals surface area contributed by atoms with Crippen molar-refractivity contribution in [3.63, 3.8) is 0 Å². The lowest BCUT2D eigenvalue weighted by atomic mass is 9.82. The van der Waals surface area contributed by atoms with Crippen molar-refractivity contribution in [1.82, 2.24) is 0 Å². The van der Waals surface area contributed by atoms with E-state index in [-0.39, 0.29) is 17.6 Å². The summed E-state index contributed by atoms with van der Waals surface area (Å²) >= 11 is 0. The van der Waals surface area contributed by atoms with Crippen molar-refractivity contribution >= 4 is 23.7 Å². The van der Waals surface area contributed by atoms with Crippen LogP contribution in [0.2, 0.25) is 0 Å². The van der Waals surface area contributed by atoms with Crippen LogP contribution in [0.4, 0.5) is 5.69 Å². The molecule has 0 bridgehead atoms. The Labute approximate surface area is 242 Å². The quantitative estimate of drug-likeness (QED) is 0.196. The maximum absolute atomic E-state index is 13.9. The minimum Gasteiger partial charge on any atom is -0.322 e.